The molecule has 0 bridgehead atoms. The Balaban J connectivity index is 1.91. The maximum atomic E-state index is 12.1. The maximum absolute atomic E-state index is 12.1. The minimum Gasteiger partial charge on any atom is -0.491 e. The molecule has 0 spiro atoms. The number of para-hydroxylation sites is 1. The molecule has 0 aliphatic rings. The molecule has 132 valence electrons. The smallest absolute Gasteiger partial charge is 0.270 e. The van der Waals surface area contributed by atoms with E-state index in [1.165, 1.54) is 24.3 Å². The number of nitro benzene ring substituents is 1. The Morgan fingerprint density at radius 3 is 2.56 bits per heavy atom. The summed E-state index contributed by atoms with van der Waals surface area (Å²) in [4.78, 5) is 22.3. The number of amides is 1. The van der Waals surface area contributed by atoms with E-state index in [9.17, 15) is 14.9 Å². The zero-order valence-corrected chi connectivity index (χ0v) is 14.6. The average Bonchev–Trinajstić information content (AvgIpc) is 2.58. The fourth-order valence-electron chi connectivity index (χ4n) is 2.40. The van der Waals surface area contributed by atoms with E-state index < -0.39 is 4.92 Å². The van der Waals surface area contributed by atoms with Gasteiger partial charge in [-0.2, -0.15) is 0 Å². The van der Waals surface area contributed by atoms with Gasteiger partial charge in [-0.1, -0.05) is 45.0 Å². The number of hydrogen-bond donors (Lipinski definition) is 1. The van der Waals surface area contributed by atoms with Gasteiger partial charge in [-0.05, 0) is 23.1 Å². The second kappa shape index (κ2) is 7.79. The number of nitro groups is 1. The summed E-state index contributed by atoms with van der Waals surface area (Å²) in [5, 5.41) is 13.5. The highest BCUT2D eigenvalue weighted by Gasteiger charge is 2.18. The fraction of sp³-hybridized carbons (Fsp3) is 0.316. The van der Waals surface area contributed by atoms with Crippen LogP contribution in [0, 0.1) is 10.1 Å². The molecule has 6 heteroatoms. The van der Waals surface area contributed by atoms with E-state index in [4.69, 9.17) is 4.74 Å². The monoisotopic (exact) mass is 342 g/mol. The van der Waals surface area contributed by atoms with Gasteiger partial charge in [0.25, 0.3) is 11.6 Å². The Labute approximate surface area is 147 Å². The molecule has 0 radical (unpaired) electrons. The molecule has 0 fully saturated rings. The lowest BCUT2D eigenvalue weighted by Gasteiger charge is -2.22. The van der Waals surface area contributed by atoms with Crippen molar-refractivity contribution in [2.75, 3.05) is 13.2 Å². The first kappa shape index (κ1) is 18.4. The van der Waals surface area contributed by atoms with E-state index in [1.54, 1.807) is 0 Å². The van der Waals surface area contributed by atoms with Crippen LogP contribution < -0.4 is 10.1 Å². The highest BCUT2D eigenvalue weighted by atomic mass is 16.6. The van der Waals surface area contributed by atoms with Crippen LogP contribution in [-0.2, 0) is 5.41 Å². The predicted molar refractivity (Wildman–Crippen MR) is 96.1 cm³/mol. The van der Waals surface area contributed by atoms with Crippen LogP contribution in [0.1, 0.15) is 36.7 Å². The summed E-state index contributed by atoms with van der Waals surface area (Å²) in [5.74, 6) is 0.427. The molecular weight excluding hydrogens is 320 g/mol. The van der Waals surface area contributed by atoms with Crippen LogP contribution in [-0.4, -0.2) is 24.0 Å². The first-order valence-electron chi connectivity index (χ1n) is 8.04. The van der Waals surface area contributed by atoms with Gasteiger partial charge in [0.1, 0.15) is 12.4 Å². The minimum atomic E-state index is -0.524. The molecule has 2 aromatic carbocycles. The van der Waals surface area contributed by atoms with Gasteiger partial charge in [-0.25, -0.2) is 0 Å². The van der Waals surface area contributed by atoms with Crippen molar-refractivity contribution in [2.45, 2.75) is 26.2 Å². The molecule has 0 aliphatic carbocycles. The summed E-state index contributed by atoms with van der Waals surface area (Å²) in [7, 11) is 0. The molecule has 1 amide bonds. The molecule has 1 N–H and O–H groups in total. The topological polar surface area (TPSA) is 81.5 Å². The molecule has 25 heavy (non-hydrogen) atoms. The molecule has 0 saturated carbocycles. The van der Waals surface area contributed by atoms with Gasteiger partial charge in [0.05, 0.1) is 11.5 Å². The van der Waals surface area contributed by atoms with Crippen molar-refractivity contribution in [3.05, 3.63) is 69.8 Å². The lowest BCUT2D eigenvalue weighted by atomic mass is 9.86. The van der Waals surface area contributed by atoms with Crippen LogP contribution in [0.15, 0.2) is 48.5 Å². The molecule has 0 aromatic heterocycles. The molecule has 0 saturated heterocycles. The normalized spacial score (nSPS) is 11.0. The molecule has 2 aromatic rings. The first-order chi connectivity index (χ1) is 11.8. The summed E-state index contributed by atoms with van der Waals surface area (Å²) in [6.07, 6.45) is 0. The average molecular weight is 342 g/mol. The fourth-order valence-corrected chi connectivity index (χ4v) is 2.40. The summed E-state index contributed by atoms with van der Waals surface area (Å²) in [5.41, 5.74) is 1.20. The number of non-ortho nitro benzene ring substituents is 1. The maximum Gasteiger partial charge on any atom is 0.270 e. The van der Waals surface area contributed by atoms with E-state index in [-0.39, 0.29) is 22.6 Å². The van der Waals surface area contributed by atoms with Gasteiger partial charge in [0, 0.05) is 17.7 Å². The minimum absolute atomic E-state index is 0.0389. The first-order valence-corrected chi connectivity index (χ1v) is 8.04. The zero-order chi connectivity index (χ0) is 18.4. The van der Waals surface area contributed by atoms with E-state index >= 15 is 0 Å². The molecule has 0 heterocycles. The Kier molecular flexibility index (Phi) is 5.75. The Hall–Kier alpha value is -2.89. The van der Waals surface area contributed by atoms with Crippen LogP contribution in [0.5, 0.6) is 5.75 Å². The van der Waals surface area contributed by atoms with Crippen LogP contribution in [0.4, 0.5) is 5.69 Å². The van der Waals surface area contributed by atoms with E-state index in [2.05, 4.69) is 26.1 Å². The second-order valence-electron chi connectivity index (χ2n) is 6.66. The van der Waals surface area contributed by atoms with Crippen molar-refractivity contribution >= 4 is 11.6 Å². The Bertz CT molecular complexity index is 766. The standard InChI is InChI=1S/C19H22N2O4/c1-19(2,3)16-9-4-5-10-17(16)25-12-11-20-18(22)14-7-6-8-15(13-14)21(23)24/h4-10,13H,11-12H2,1-3H3,(H,20,22). The van der Waals surface area contributed by atoms with Crippen LogP contribution >= 0.6 is 0 Å². The molecule has 2 rings (SSSR count). The highest BCUT2D eigenvalue weighted by Crippen LogP contribution is 2.30. The molecule has 0 atom stereocenters. The molecule has 0 unspecified atom stereocenters. The molecule has 0 aliphatic heterocycles. The number of benzene rings is 2. The lowest BCUT2D eigenvalue weighted by Crippen LogP contribution is -2.28. The van der Waals surface area contributed by atoms with E-state index in [0.717, 1.165) is 11.3 Å². The van der Waals surface area contributed by atoms with E-state index in [0.29, 0.717) is 13.2 Å². The third kappa shape index (κ3) is 5.04. The summed E-state index contributed by atoms with van der Waals surface area (Å²) >= 11 is 0. The Morgan fingerprint density at radius 2 is 1.88 bits per heavy atom. The number of ether oxygens (including phenoxy) is 1. The summed E-state index contributed by atoms with van der Waals surface area (Å²) in [6.45, 7) is 6.95. The quantitative estimate of drug-likeness (QED) is 0.493. The second-order valence-corrected chi connectivity index (χ2v) is 6.66. The SMILES string of the molecule is CC(C)(C)c1ccccc1OCCNC(=O)c1cccc([N+](=O)[O-])c1. The van der Waals surface area contributed by atoms with Crippen molar-refractivity contribution in [3.63, 3.8) is 0 Å². The van der Waals surface area contributed by atoms with Gasteiger partial charge in [0.15, 0.2) is 0 Å². The highest BCUT2D eigenvalue weighted by molar-refractivity contribution is 5.94. The summed E-state index contributed by atoms with van der Waals surface area (Å²) in [6, 6.07) is 13.4. The van der Waals surface area contributed by atoms with Crippen molar-refractivity contribution in [3.8, 4) is 5.75 Å². The number of carbonyl (C=O) groups excluding carboxylic acids is 1. The van der Waals surface area contributed by atoms with Gasteiger partial charge in [-0.15, -0.1) is 0 Å². The van der Waals surface area contributed by atoms with Crippen molar-refractivity contribution in [1.29, 1.82) is 0 Å². The number of hydrogen-bond acceptors (Lipinski definition) is 4. The molecular formula is C19H22N2O4. The summed E-state index contributed by atoms with van der Waals surface area (Å²) < 4.78 is 5.79. The van der Waals surface area contributed by atoms with Gasteiger partial charge >= 0.3 is 0 Å². The number of rotatable bonds is 6. The predicted octanol–water partition coefficient (Wildman–Crippen LogP) is 3.70. The number of nitrogens with zero attached hydrogens (tertiary/aromatic N) is 1. The third-order valence-electron chi connectivity index (χ3n) is 3.66. The van der Waals surface area contributed by atoms with E-state index in [1.807, 2.05) is 24.3 Å². The van der Waals surface area contributed by atoms with Crippen molar-refractivity contribution < 1.29 is 14.5 Å². The zero-order valence-electron chi connectivity index (χ0n) is 14.6. The largest absolute Gasteiger partial charge is 0.491 e. The van der Waals surface area contributed by atoms with Crippen molar-refractivity contribution in [2.24, 2.45) is 0 Å². The molecule has 6 nitrogen and oxygen atoms in total. The number of nitrogens with one attached hydrogen (secondary N) is 1. The van der Waals surface area contributed by atoms with Crippen LogP contribution in [0.3, 0.4) is 0 Å². The van der Waals surface area contributed by atoms with Gasteiger partial charge in [-0.3, -0.25) is 14.9 Å². The Morgan fingerprint density at radius 1 is 1.16 bits per heavy atom. The third-order valence-corrected chi connectivity index (χ3v) is 3.66. The van der Waals surface area contributed by atoms with Gasteiger partial charge < -0.3 is 10.1 Å². The van der Waals surface area contributed by atoms with Gasteiger partial charge in [0.2, 0.25) is 0 Å². The number of carbonyl (C=O) groups is 1. The van der Waals surface area contributed by atoms with Crippen LogP contribution in [0.2, 0.25) is 0 Å². The van der Waals surface area contributed by atoms with Crippen LogP contribution in [0.25, 0.3) is 0 Å². The van der Waals surface area contributed by atoms with Crippen molar-refractivity contribution in [1.82, 2.24) is 5.32 Å². The lowest BCUT2D eigenvalue weighted by molar-refractivity contribution is -0.384.